The largest absolute Gasteiger partial charge is 0.385 e. The summed E-state index contributed by atoms with van der Waals surface area (Å²) >= 11 is 5.46. The van der Waals surface area contributed by atoms with Gasteiger partial charge in [-0.15, -0.1) is 11.6 Å². The van der Waals surface area contributed by atoms with Crippen molar-refractivity contribution < 1.29 is 4.79 Å². The molecule has 0 radical (unpaired) electrons. The summed E-state index contributed by atoms with van der Waals surface area (Å²) in [5.41, 5.74) is 1.85. The topological polar surface area (TPSA) is 41.1 Å². The van der Waals surface area contributed by atoms with E-state index in [9.17, 15) is 4.79 Å². The Morgan fingerprint density at radius 3 is 2.40 bits per heavy atom. The van der Waals surface area contributed by atoms with E-state index in [1.807, 2.05) is 31.2 Å². The van der Waals surface area contributed by atoms with Crippen LogP contribution in [0.3, 0.4) is 0 Å². The molecule has 0 aliphatic heterocycles. The van der Waals surface area contributed by atoms with E-state index in [-0.39, 0.29) is 5.91 Å². The maximum Gasteiger partial charge on any atom is 0.225 e. The maximum absolute atomic E-state index is 11.2. The Bertz CT molecular complexity index is 311. The van der Waals surface area contributed by atoms with E-state index in [0.29, 0.717) is 12.3 Å². The lowest BCUT2D eigenvalue weighted by molar-refractivity contribution is -0.115. The van der Waals surface area contributed by atoms with E-state index >= 15 is 0 Å². The quantitative estimate of drug-likeness (QED) is 0.758. The third kappa shape index (κ3) is 4.21. The molecule has 0 bridgehead atoms. The van der Waals surface area contributed by atoms with E-state index in [2.05, 4.69) is 10.6 Å². The molecular weight excluding hydrogens is 212 g/mol. The zero-order valence-corrected chi connectivity index (χ0v) is 9.47. The van der Waals surface area contributed by atoms with Crippen LogP contribution in [0, 0.1) is 0 Å². The fourth-order valence-electron chi connectivity index (χ4n) is 1.18. The smallest absolute Gasteiger partial charge is 0.225 e. The van der Waals surface area contributed by atoms with Crippen LogP contribution in [0.2, 0.25) is 0 Å². The second-order valence-electron chi connectivity index (χ2n) is 3.09. The van der Waals surface area contributed by atoms with Crippen LogP contribution in [0.25, 0.3) is 0 Å². The summed E-state index contributed by atoms with van der Waals surface area (Å²) in [6.07, 6.45) is 0.344. The first-order valence-electron chi connectivity index (χ1n) is 4.96. The molecule has 0 saturated heterocycles. The van der Waals surface area contributed by atoms with Crippen molar-refractivity contribution in [3.05, 3.63) is 24.3 Å². The van der Waals surface area contributed by atoms with Crippen molar-refractivity contribution in [1.29, 1.82) is 0 Å². The highest BCUT2D eigenvalue weighted by Crippen LogP contribution is 2.13. The molecule has 3 nitrogen and oxygen atoms in total. The van der Waals surface area contributed by atoms with Crippen LogP contribution in [-0.4, -0.2) is 18.3 Å². The minimum atomic E-state index is -0.0544. The fraction of sp³-hybridized carbons (Fsp3) is 0.364. The molecule has 0 aliphatic carbocycles. The zero-order valence-electron chi connectivity index (χ0n) is 8.72. The molecule has 0 fully saturated rings. The molecule has 1 amide bonds. The summed E-state index contributed by atoms with van der Waals surface area (Å²) in [5.74, 6) is 0.294. The van der Waals surface area contributed by atoms with E-state index in [4.69, 9.17) is 11.6 Å². The summed E-state index contributed by atoms with van der Waals surface area (Å²) in [4.78, 5) is 11.2. The highest BCUT2D eigenvalue weighted by molar-refractivity contribution is 6.19. The van der Waals surface area contributed by atoms with Crippen molar-refractivity contribution in [1.82, 2.24) is 0 Å². The summed E-state index contributed by atoms with van der Waals surface area (Å²) < 4.78 is 0. The van der Waals surface area contributed by atoms with Gasteiger partial charge in [-0.25, -0.2) is 0 Å². The Balaban J connectivity index is 2.52. The first kappa shape index (κ1) is 11.9. The van der Waals surface area contributed by atoms with Gasteiger partial charge in [0.1, 0.15) is 0 Å². The van der Waals surface area contributed by atoms with E-state index in [1.165, 1.54) is 0 Å². The Labute approximate surface area is 94.8 Å². The summed E-state index contributed by atoms with van der Waals surface area (Å²) in [7, 11) is 0. The lowest BCUT2D eigenvalue weighted by Crippen LogP contribution is -2.11. The monoisotopic (exact) mass is 226 g/mol. The number of hydrogen-bond acceptors (Lipinski definition) is 2. The summed E-state index contributed by atoms with van der Waals surface area (Å²) in [5, 5.41) is 5.94. The summed E-state index contributed by atoms with van der Waals surface area (Å²) in [6, 6.07) is 7.59. The van der Waals surface area contributed by atoms with Crippen LogP contribution in [0.15, 0.2) is 24.3 Å². The molecular formula is C11H15ClN2O. The van der Waals surface area contributed by atoms with E-state index < -0.39 is 0 Å². The summed E-state index contributed by atoms with van der Waals surface area (Å²) in [6.45, 7) is 2.92. The van der Waals surface area contributed by atoms with Crippen LogP contribution in [0.4, 0.5) is 11.4 Å². The standard InChI is InChI=1S/C11H15ClN2O/c1-2-13-9-3-5-10(6-4-9)14-11(15)7-8-12/h3-6,13H,2,7-8H2,1H3,(H,14,15). The number of carbonyl (C=O) groups is 1. The average molecular weight is 227 g/mol. The Morgan fingerprint density at radius 2 is 1.87 bits per heavy atom. The van der Waals surface area contributed by atoms with Crippen LogP contribution in [0.5, 0.6) is 0 Å². The van der Waals surface area contributed by atoms with Gasteiger partial charge in [0, 0.05) is 30.2 Å². The molecule has 0 heterocycles. The van der Waals surface area contributed by atoms with E-state index in [0.717, 1.165) is 17.9 Å². The van der Waals surface area contributed by atoms with Gasteiger partial charge in [-0.05, 0) is 31.2 Å². The van der Waals surface area contributed by atoms with Crippen molar-refractivity contribution in [2.45, 2.75) is 13.3 Å². The molecule has 0 atom stereocenters. The van der Waals surface area contributed by atoms with Crippen molar-refractivity contribution >= 4 is 28.9 Å². The van der Waals surface area contributed by atoms with Crippen molar-refractivity contribution in [2.24, 2.45) is 0 Å². The SMILES string of the molecule is CCNc1ccc(NC(=O)CCCl)cc1. The van der Waals surface area contributed by atoms with Crippen LogP contribution in [-0.2, 0) is 4.79 Å². The van der Waals surface area contributed by atoms with Crippen molar-refractivity contribution in [2.75, 3.05) is 23.1 Å². The molecule has 15 heavy (non-hydrogen) atoms. The molecule has 2 N–H and O–H groups in total. The second kappa shape index (κ2) is 6.30. The molecule has 1 aromatic carbocycles. The Hall–Kier alpha value is -1.22. The highest BCUT2D eigenvalue weighted by atomic mass is 35.5. The number of alkyl halides is 1. The number of anilines is 2. The number of benzene rings is 1. The lowest BCUT2D eigenvalue weighted by atomic mass is 10.2. The molecule has 0 aromatic heterocycles. The minimum Gasteiger partial charge on any atom is -0.385 e. The molecule has 1 rings (SSSR count). The first-order valence-corrected chi connectivity index (χ1v) is 5.49. The van der Waals surface area contributed by atoms with Crippen LogP contribution < -0.4 is 10.6 Å². The van der Waals surface area contributed by atoms with Crippen LogP contribution in [0.1, 0.15) is 13.3 Å². The third-order valence-corrected chi connectivity index (χ3v) is 2.06. The van der Waals surface area contributed by atoms with Gasteiger partial charge in [0.25, 0.3) is 0 Å². The Morgan fingerprint density at radius 1 is 1.27 bits per heavy atom. The number of nitrogens with one attached hydrogen (secondary N) is 2. The van der Waals surface area contributed by atoms with Gasteiger partial charge in [0.15, 0.2) is 0 Å². The van der Waals surface area contributed by atoms with Gasteiger partial charge in [-0.3, -0.25) is 4.79 Å². The molecule has 0 spiro atoms. The van der Waals surface area contributed by atoms with Gasteiger partial charge < -0.3 is 10.6 Å². The van der Waals surface area contributed by atoms with Gasteiger partial charge in [-0.1, -0.05) is 0 Å². The number of halogens is 1. The molecule has 0 saturated carbocycles. The molecule has 4 heteroatoms. The number of carbonyl (C=O) groups excluding carboxylic acids is 1. The average Bonchev–Trinajstić information content (AvgIpc) is 2.22. The third-order valence-electron chi connectivity index (χ3n) is 1.87. The second-order valence-corrected chi connectivity index (χ2v) is 3.47. The van der Waals surface area contributed by atoms with Gasteiger partial charge in [-0.2, -0.15) is 0 Å². The maximum atomic E-state index is 11.2. The predicted octanol–water partition coefficient (Wildman–Crippen LogP) is 2.69. The van der Waals surface area contributed by atoms with Gasteiger partial charge in [0.2, 0.25) is 5.91 Å². The number of hydrogen-bond donors (Lipinski definition) is 2. The van der Waals surface area contributed by atoms with Gasteiger partial charge >= 0.3 is 0 Å². The molecule has 1 aromatic rings. The number of amides is 1. The van der Waals surface area contributed by atoms with Crippen molar-refractivity contribution in [3.63, 3.8) is 0 Å². The molecule has 0 aliphatic rings. The number of rotatable bonds is 5. The normalized spacial score (nSPS) is 9.73. The van der Waals surface area contributed by atoms with E-state index in [1.54, 1.807) is 0 Å². The Kier molecular flexibility index (Phi) is 4.98. The molecule has 0 unspecified atom stereocenters. The minimum absolute atomic E-state index is 0.0544. The zero-order chi connectivity index (χ0) is 11.1. The molecule has 82 valence electrons. The fourth-order valence-corrected chi connectivity index (χ4v) is 1.36. The van der Waals surface area contributed by atoms with Crippen molar-refractivity contribution in [3.8, 4) is 0 Å². The van der Waals surface area contributed by atoms with Gasteiger partial charge in [0.05, 0.1) is 0 Å². The van der Waals surface area contributed by atoms with Crippen LogP contribution >= 0.6 is 11.6 Å². The predicted molar refractivity (Wildman–Crippen MR) is 64.6 cm³/mol. The lowest BCUT2D eigenvalue weighted by Gasteiger charge is -2.06. The first-order chi connectivity index (χ1) is 7.26. The highest BCUT2D eigenvalue weighted by Gasteiger charge is 2.00.